The van der Waals surface area contributed by atoms with Gasteiger partial charge in [0.15, 0.2) is 0 Å². The van der Waals surface area contributed by atoms with Crippen molar-refractivity contribution in [3.05, 3.63) is 24.0 Å². The van der Waals surface area contributed by atoms with Gasteiger partial charge in [0.2, 0.25) is 0 Å². The number of morpholine rings is 1. The molecule has 0 radical (unpaired) electrons. The van der Waals surface area contributed by atoms with E-state index in [1.165, 1.54) is 13.0 Å². The van der Waals surface area contributed by atoms with E-state index in [2.05, 4.69) is 5.32 Å². The Balaban J connectivity index is 1.95. The first-order valence-corrected chi connectivity index (χ1v) is 7.33. The maximum atomic E-state index is 14.2. The molecule has 6 nitrogen and oxygen atoms in total. The van der Waals surface area contributed by atoms with Gasteiger partial charge in [0.05, 0.1) is 25.4 Å². The third-order valence-electron chi connectivity index (χ3n) is 3.43. The first-order valence-electron chi connectivity index (χ1n) is 7.33. The summed E-state index contributed by atoms with van der Waals surface area (Å²) >= 11 is 0. The number of nitrogens with two attached hydrogens (primary N) is 1. The number of rotatable bonds is 6. The number of hydrogen-bond acceptors (Lipinski definition) is 6. The van der Waals surface area contributed by atoms with E-state index in [0.717, 1.165) is 0 Å². The van der Waals surface area contributed by atoms with Gasteiger partial charge in [-0.05, 0) is 18.2 Å². The summed E-state index contributed by atoms with van der Waals surface area (Å²) in [5.41, 5.74) is 6.73. The fourth-order valence-corrected chi connectivity index (χ4v) is 2.32. The quantitative estimate of drug-likeness (QED) is 0.762. The summed E-state index contributed by atoms with van der Waals surface area (Å²) in [5, 5.41) is 3.03. The zero-order chi connectivity index (χ0) is 15.9. The fourth-order valence-electron chi connectivity index (χ4n) is 2.32. The molecule has 1 fully saturated rings. The molecule has 2 rings (SSSR count). The second-order valence-electron chi connectivity index (χ2n) is 5.11. The molecule has 1 aromatic rings. The summed E-state index contributed by atoms with van der Waals surface area (Å²) < 4.78 is 24.5. The number of hydrogen-bond donors (Lipinski definition) is 2. The van der Waals surface area contributed by atoms with Crippen LogP contribution in [0.4, 0.5) is 15.8 Å². The number of carbonyl (C=O) groups excluding carboxylic acids is 1. The van der Waals surface area contributed by atoms with E-state index in [1.54, 1.807) is 12.1 Å². The number of nitrogens with one attached hydrogen (secondary N) is 1. The summed E-state index contributed by atoms with van der Waals surface area (Å²) in [6, 6.07) is 4.98. The third-order valence-corrected chi connectivity index (χ3v) is 3.43. The first kappa shape index (κ1) is 16.5. The standard InChI is InChI=1S/C15H22FN3O3/c1-11(20)22-13(9-17)10-18-12-2-3-15(14(16)8-12)19-4-6-21-7-5-19/h2-3,8,13,18H,4-7,9-10,17H2,1H3. The van der Waals surface area contributed by atoms with Crippen LogP contribution in [0.3, 0.4) is 0 Å². The van der Waals surface area contributed by atoms with Crippen molar-refractivity contribution in [2.75, 3.05) is 49.6 Å². The zero-order valence-corrected chi connectivity index (χ0v) is 12.7. The predicted octanol–water partition coefficient (Wildman–Crippen LogP) is 0.965. The van der Waals surface area contributed by atoms with E-state index in [1.807, 2.05) is 4.90 Å². The summed E-state index contributed by atoms with van der Waals surface area (Å²) in [6.07, 6.45) is -0.431. The van der Waals surface area contributed by atoms with Gasteiger partial charge in [0.25, 0.3) is 0 Å². The molecular weight excluding hydrogens is 289 g/mol. The number of ether oxygens (including phenoxy) is 2. The highest BCUT2D eigenvalue weighted by atomic mass is 19.1. The van der Waals surface area contributed by atoms with Crippen molar-refractivity contribution >= 4 is 17.3 Å². The average Bonchev–Trinajstić information content (AvgIpc) is 2.52. The van der Waals surface area contributed by atoms with Crippen molar-refractivity contribution in [1.82, 2.24) is 0 Å². The minimum atomic E-state index is -0.431. The van der Waals surface area contributed by atoms with E-state index in [0.29, 0.717) is 44.2 Å². The highest BCUT2D eigenvalue weighted by Gasteiger charge is 2.16. The number of nitrogens with zero attached hydrogens (tertiary/aromatic N) is 1. The van der Waals surface area contributed by atoms with Gasteiger partial charge in [-0.25, -0.2) is 4.39 Å². The van der Waals surface area contributed by atoms with Crippen LogP contribution >= 0.6 is 0 Å². The molecule has 7 heteroatoms. The Morgan fingerprint density at radius 1 is 1.50 bits per heavy atom. The van der Waals surface area contributed by atoms with Gasteiger partial charge < -0.3 is 25.4 Å². The number of anilines is 2. The Hall–Kier alpha value is -1.86. The van der Waals surface area contributed by atoms with Crippen molar-refractivity contribution in [3.8, 4) is 0 Å². The number of carbonyl (C=O) groups is 1. The Bertz CT molecular complexity index is 507. The lowest BCUT2D eigenvalue weighted by molar-refractivity contribution is -0.145. The first-order chi connectivity index (χ1) is 10.6. The Labute approximate surface area is 129 Å². The minimum absolute atomic E-state index is 0.209. The number of benzene rings is 1. The van der Waals surface area contributed by atoms with E-state index >= 15 is 0 Å². The monoisotopic (exact) mass is 311 g/mol. The van der Waals surface area contributed by atoms with Crippen molar-refractivity contribution in [1.29, 1.82) is 0 Å². The Morgan fingerprint density at radius 3 is 2.82 bits per heavy atom. The third kappa shape index (κ3) is 4.57. The van der Waals surface area contributed by atoms with Gasteiger partial charge in [-0.15, -0.1) is 0 Å². The van der Waals surface area contributed by atoms with Gasteiger partial charge in [-0.2, -0.15) is 0 Å². The Kier molecular flexibility index (Phi) is 5.97. The highest BCUT2D eigenvalue weighted by Crippen LogP contribution is 2.23. The van der Waals surface area contributed by atoms with Crippen LogP contribution in [0.1, 0.15) is 6.92 Å². The molecule has 1 aliphatic rings. The largest absolute Gasteiger partial charge is 0.459 e. The smallest absolute Gasteiger partial charge is 0.303 e. The molecule has 22 heavy (non-hydrogen) atoms. The summed E-state index contributed by atoms with van der Waals surface area (Å²) in [5.74, 6) is -0.671. The average molecular weight is 311 g/mol. The highest BCUT2D eigenvalue weighted by molar-refractivity contribution is 5.66. The van der Waals surface area contributed by atoms with Crippen LogP contribution in [0, 0.1) is 5.82 Å². The molecular formula is C15H22FN3O3. The lowest BCUT2D eigenvalue weighted by atomic mass is 10.2. The molecule has 1 heterocycles. The van der Waals surface area contributed by atoms with E-state index < -0.39 is 6.10 Å². The molecule has 1 saturated heterocycles. The van der Waals surface area contributed by atoms with Gasteiger partial charge in [0, 0.05) is 32.2 Å². The number of esters is 1. The lowest BCUT2D eigenvalue weighted by Crippen LogP contribution is -2.36. The van der Waals surface area contributed by atoms with Crippen LogP contribution in [-0.4, -0.2) is 51.5 Å². The minimum Gasteiger partial charge on any atom is -0.459 e. The van der Waals surface area contributed by atoms with Crippen molar-refractivity contribution in [2.45, 2.75) is 13.0 Å². The maximum absolute atomic E-state index is 14.2. The molecule has 0 spiro atoms. The van der Waals surface area contributed by atoms with Crippen LogP contribution in [-0.2, 0) is 14.3 Å². The van der Waals surface area contributed by atoms with Crippen LogP contribution < -0.4 is 16.0 Å². The molecule has 0 saturated carbocycles. The molecule has 122 valence electrons. The fraction of sp³-hybridized carbons (Fsp3) is 0.533. The zero-order valence-electron chi connectivity index (χ0n) is 12.7. The van der Waals surface area contributed by atoms with E-state index in [4.69, 9.17) is 15.2 Å². The maximum Gasteiger partial charge on any atom is 0.303 e. The van der Waals surface area contributed by atoms with Crippen LogP contribution in [0.2, 0.25) is 0 Å². The summed E-state index contributed by atoms with van der Waals surface area (Å²) in [6.45, 7) is 4.48. The van der Waals surface area contributed by atoms with Crippen molar-refractivity contribution in [3.63, 3.8) is 0 Å². The van der Waals surface area contributed by atoms with Crippen molar-refractivity contribution < 1.29 is 18.7 Å². The molecule has 1 aliphatic heterocycles. The van der Waals surface area contributed by atoms with Crippen molar-refractivity contribution in [2.24, 2.45) is 5.73 Å². The van der Waals surface area contributed by atoms with Gasteiger partial charge in [0.1, 0.15) is 11.9 Å². The summed E-state index contributed by atoms with van der Waals surface area (Å²) in [4.78, 5) is 12.9. The van der Waals surface area contributed by atoms with E-state index in [9.17, 15) is 9.18 Å². The molecule has 0 aliphatic carbocycles. The molecule has 0 bridgehead atoms. The lowest BCUT2D eigenvalue weighted by Gasteiger charge is -2.29. The molecule has 1 unspecified atom stereocenters. The molecule has 1 atom stereocenters. The molecule has 3 N–H and O–H groups in total. The van der Waals surface area contributed by atoms with Crippen LogP contribution in [0.15, 0.2) is 18.2 Å². The van der Waals surface area contributed by atoms with Gasteiger partial charge >= 0.3 is 5.97 Å². The Morgan fingerprint density at radius 2 is 2.23 bits per heavy atom. The molecule has 0 aromatic heterocycles. The summed E-state index contributed by atoms with van der Waals surface area (Å²) in [7, 11) is 0. The SMILES string of the molecule is CC(=O)OC(CN)CNc1ccc(N2CCOCC2)c(F)c1. The van der Waals surface area contributed by atoms with Crippen LogP contribution in [0.5, 0.6) is 0 Å². The normalized spacial score (nSPS) is 16.2. The predicted molar refractivity (Wildman–Crippen MR) is 82.5 cm³/mol. The number of halogens is 1. The molecule has 0 amide bonds. The molecule has 1 aromatic carbocycles. The second-order valence-corrected chi connectivity index (χ2v) is 5.11. The second kappa shape index (κ2) is 7.95. The van der Waals surface area contributed by atoms with Gasteiger partial charge in [-0.3, -0.25) is 4.79 Å². The topological polar surface area (TPSA) is 76.8 Å². The van der Waals surface area contributed by atoms with E-state index in [-0.39, 0.29) is 18.3 Å². The van der Waals surface area contributed by atoms with Crippen LogP contribution in [0.25, 0.3) is 0 Å². The van der Waals surface area contributed by atoms with Gasteiger partial charge in [-0.1, -0.05) is 0 Å².